The molecular formula is C10H16N2O. The van der Waals surface area contributed by atoms with Crippen LogP contribution in [0.3, 0.4) is 0 Å². The van der Waals surface area contributed by atoms with Crippen LogP contribution in [0.25, 0.3) is 0 Å². The van der Waals surface area contributed by atoms with Gasteiger partial charge in [-0.15, -0.1) is 0 Å². The highest BCUT2D eigenvalue weighted by molar-refractivity contribution is 5.52. The van der Waals surface area contributed by atoms with Crippen LogP contribution in [0.1, 0.15) is 13.8 Å². The third-order valence-corrected chi connectivity index (χ3v) is 1.79. The van der Waals surface area contributed by atoms with E-state index < -0.39 is 0 Å². The fraction of sp³-hybridized carbons (Fsp3) is 0.400. The van der Waals surface area contributed by atoms with Gasteiger partial charge >= 0.3 is 0 Å². The summed E-state index contributed by atoms with van der Waals surface area (Å²) in [6, 6.07) is 7.45. The summed E-state index contributed by atoms with van der Waals surface area (Å²) >= 11 is 0. The van der Waals surface area contributed by atoms with Gasteiger partial charge in [-0.3, -0.25) is 0 Å². The van der Waals surface area contributed by atoms with E-state index in [2.05, 4.69) is 5.32 Å². The molecule has 1 rings (SSSR count). The molecule has 0 saturated heterocycles. The van der Waals surface area contributed by atoms with E-state index in [9.17, 15) is 0 Å². The fourth-order valence-corrected chi connectivity index (χ4v) is 0.997. The molecule has 72 valence electrons. The molecule has 0 fully saturated rings. The van der Waals surface area contributed by atoms with Crippen molar-refractivity contribution in [3.05, 3.63) is 24.3 Å². The minimum Gasteiger partial charge on any atom is -0.399 e. The van der Waals surface area contributed by atoms with Gasteiger partial charge in [-0.2, -0.15) is 0 Å². The number of hydrogen-bond acceptors (Lipinski definition) is 3. The predicted octanol–water partition coefficient (Wildman–Crippen LogP) is 1.45. The molecule has 0 bridgehead atoms. The normalized spacial score (nSPS) is 11.3. The number of aliphatic hydroxyl groups excluding tert-OH is 1. The number of benzene rings is 1. The van der Waals surface area contributed by atoms with Gasteiger partial charge in [0.15, 0.2) is 0 Å². The van der Waals surface area contributed by atoms with Gasteiger partial charge in [-0.05, 0) is 38.1 Å². The lowest BCUT2D eigenvalue weighted by Crippen LogP contribution is -2.34. The highest BCUT2D eigenvalue weighted by Crippen LogP contribution is 2.15. The van der Waals surface area contributed by atoms with E-state index in [1.807, 2.05) is 38.1 Å². The number of nitrogens with two attached hydrogens (primary N) is 1. The number of anilines is 2. The van der Waals surface area contributed by atoms with Gasteiger partial charge in [-0.25, -0.2) is 0 Å². The molecular weight excluding hydrogens is 164 g/mol. The largest absolute Gasteiger partial charge is 0.399 e. The van der Waals surface area contributed by atoms with Gasteiger partial charge < -0.3 is 16.2 Å². The molecule has 0 radical (unpaired) electrons. The third-order valence-electron chi connectivity index (χ3n) is 1.79. The molecule has 0 amide bonds. The molecule has 0 aromatic heterocycles. The van der Waals surface area contributed by atoms with E-state index in [1.165, 1.54) is 0 Å². The maximum absolute atomic E-state index is 9.02. The van der Waals surface area contributed by atoms with E-state index >= 15 is 0 Å². The summed E-state index contributed by atoms with van der Waals surface area (Å²) in [7, 11) is 0. The van der Waals surface area contributed by atoms with Gasteiger partial charge in [-0.1, -0.05) is 0 Å². The first-order chi connectivity index (χ1) is 6.03. The van der Waals surface area contributed by atoms with Gasteiger partial charge in [0.05, 0.1) is 12.1 Å². The van der Waals surface area contributed by atoms with Crippen molar-refractivity contribution in [2.24, 2.45) is 0 Å². The lowest BCUT2D eigenvalue weighted by Gasteiger charge is -2.24. The van der Waals surface area contributed by atoms with Crippen molar-refractivity contribution in [1.29, 1.82) is 0 Å². The summed E-state index contributed by atoms with van der Waals surface area (Å²) < 4.78 is 0. The second-order valence-corrected chi connectivity index (χ2v) is 3.79. The Balaban J connectivity index is 2.69. The summed E-state index contributed by atoms with van der Waals surface area (Å²) in [5, 5.41) is 12.2. The van der Waals surface area contributed by atoms with E-state index in [-0.39, 0.29) is 12.1 Å². The Labute approximate surface area is 78.6 Å². The third kappa shape index (κ3) is 2.95. The first-order valence-electron chi connectivity index (χ1n) is 4.28. The molecule has 0 atom stereocenters. The number of nitrogen functional groups attached to an aromatic ring is 1. The molecule has 0 saturated carbocycles. The van der Waals surface area contributed by atoms with Crippen LogP contribution < -0.4 is 11.1 Å². The Morgan fingerprint density at radius 3 is 2.31 bits per heavy atom. The zero-order valence-corrected chi connectivity index (χ0v) is 8.04. The zero-order valence-electron chi connectivity index (χ0n) is 8.04. The van der Waals surface area contributed by atoms with Gasteiger partial charge in [0.25, 0.3) is 0 Å². The zero-order chi connectivity index (χ0) is 9.90. The van der Waals surface area contributed by atoms with E-state index in [1.54, 1.807) is 0 Å². The molecule has 13 heavy (non-hydrogen) atoms. The summed E-state index contributed by atoms with van der Waals surface area (Å²) in [4.78, 5) is 0. The molecule has 0 aliphatic heterocycles. The van der Waals surface area contributed by atoms with Crippen molar-refractivity contribution in [2.75, 3.05) is 17.7 Å². The Kier molecular flexibility index (Phi) is 2.78. The number of nitrogens with one attached hydrogen (secondary N) is 1. The average Bonchev–Trinajstić information content (AvgIpc) is 2.09. The topological polar surface area (TPSA) is 58.3 Å². The molecule has 0 aliphatic rings. The molecule has 1 aromatic carbocycles. The molecule has 4 N–H and O–H groups in total. The van der Waals surface area contributed by atoms with Gasteiger partial charge in [0.2, 0.25) is 0 Å². The Bertz CT molecular complexity index is 267. The number of aliphatic hydroxyl groups is 1. The van der Waals surface area contributed by atoms with Crippen LogP contribution in [0.2, 0.25) is 0 Å². The van der Waals surface area contributed by atoms with Crippen molar-refractivity contribution in [1.82, 2.24) is 0 Å². The van der Waals surface area contributed by atoms with Crippen molar-refractivity contribution in [3.63, 3.8) is 0 Å². The van der Waals surface area contributed by atoms with Gasteiger partial charge in [0, 0.05) is 11.4 Å². The second kappa shape index (κ2) is 3.66. The Morgan fingerprint density at radius 1 is 1.31 bits per heavy atom. The fourth-order valence-electron chi connectivity index (χ4n) is 0.997. The maximum Gasteiger partial charge on any atom is 0.0656 e. The first kappa shape index (κ1) is 9.86. The summed E-state index contributed by atoms with van der Waals surface area (Å²) in [5.41, 5.74) is 6.96. The van der Waals surface area contributed by atoms with Crippen molar-refractivity contribution in [2.45, 2.75) is 19.4 Å². The van der Waals surface area contributed by atoms with Crippen molar-refractivity contribution < 1.29 is 5.11 Å². The Hall–Kier alpha value is -1.22. The number of rotatable bonds is 3. The smallest absolute Gasteiger partial charge is 0.0656 e. The molecule has 3 nitrogen and oxygen atoms in total. The van der Waals surface area contributed by atoms with Crippen LogP contribution in [0, 0.1) is 0 Å². The highest BCUT2D eigenvalue weighted by atomic mass is 16.3. The van der Waals surface area contributed by atoms with Crippen molar-refractivity contribution in [3.8, 4) is 0 Å². The van der Waals surface area contributed by atoms with Crippen LogP contribution in [-0.4, -0.2) is 17.3 Å². The maximum atomic E-state index is 9.02. The summed E-state index contributed by atoms with van der Waals surface area (Å²) in [6.45, 7) is 3.96. The molecule has 0 spiro atoms. The molecule has 1 aromatic rings. The summed E-state index contributed by atoms with van der Waals surface area (Å²) in [5.74, 6) is 0. The monoisotopic (exact) mass is 180 g/mol. The molecule has 0 heterocycles. The number of hydrogen-bond donors (Lipinski definition) is 3. The first-order valence-corrected chi connectivity index (χ1v) is 4.28. The predicted molar refractivity (Wildman–Crippen MR) is 55.6 cm³/mol. The minimum atomic E-state index is -0.296. The minimum absolute atomic E-state index is 0.0946. The molecule has 0 unspecified atom stereocenters. The van der Waals surface area contributed by atoms with Crippen LogP contribution in [0.5, 0.6) is 0 Å². The van der Waals surface area contributed by atoms with Crippen LogP contribution >= 0.6 is 0 Å². The Morgan fingerprint density at radius 2 is 1.85 bits per heavy atom. The van der Waals surface area contributed by atoms with E-state index in [0.717, 1.165) is 11.4 Å². The second-order valence-electron chi connectivity index (χ2n) is 3.79. The lowest BCUT2D eigenvalue weighted by atomic mass is 10.1. The average molecular weight is 180 g/mol. The van der Waals surface area contributed by atoms with Gasteiger partial charge in [0.1, 0.15) is 0 Å². The molecule has 3 heteroatoms. The van der Waals surface area contributed by atoms with Crippen LogP contribution in [-0.2, 0) is 0 Å². The van der Waals surface area contributed by atoms with Crippen LogP contribution in [0.4, 0.5) is 11.4 Å². The summed E-state index contributed by atoms with van der Waals surface area (Å²) in [6.07, 6.45) is 0. The van der Waals surface area contributed by atoms with Crippen molar-refractivity contribution >= 4 is 11.4 Å². The molecule has 0 aliphatic carbocycles. The van der Waals surface area contributed by atoms with E-state index in [4.69, 9.17) is 10.8 Å². The standard InChI is InChI=1S/C10H16N2O/c1-10(2,7-13)12-9-5-3-8(11)4-6-9/h3-6,12-13H,7,11H2,1-2H3. The van der Waals surface area contributed by atoms with E-state index in [0.29, 0.717) is 0 Å². The quantitative estimate of drug-likeness (QED) is 0.617. The SMILES string of the molecule is CC(C)(CO)Nc1ccc(N)cc1. The highest BCUT2D eigenvalue weighted by Gasteiger charge is 2.14. The van der Waals surface area contributed by atoms with Crippen LogP contribution in [0.15, 0.2) is 24.3 Å². The lowest BCUT2D eigenvalue weighted by molar-refractivity contribution is 0.234.